The second-order valence-corrected chi connectivity index (χ2v) is 5.34. The molecule has 1 N–H and O–H groups in total. The van der Waals surface area contributed by atoms with E-state index in [1.165, 1.54) is 0 Å². The molecule has 1 aromatic heterocycles. The van der Waals surface area contributed by atoms with Gasteiger partial charge in [-0.15, -0.1) is 0 Å². The van der Waals surface area contributed by atoms with Crippen molar-refractivity contribution in [1.82, 2.24) is 20.2 Å². The minimum atomic E-state index is -0.0851. The van der Waals surface area contributed by atoms with Gasteiger partial charge in [0.25, 0.3) is 5.88 Å². The summed E-state index contributed by atoms with van der Waals surface area (Å²) in [6.45, 7) is 5.02. The number of nitrogens with one attached hydrogen (secondary N) is 1. The van der Waals surface area contributed by atoms with Crippen LogP contribution in [0, 0.1) is 0 Å². The molecule has 8 nitrogen and oxygen atoms in total. The number of amides is 2. The van der Waals surface area contributed by atoms with Gasteiger partial charge in [-0.25, -0.2) is 14.8 Å². The van der Waals surface area contributed by atoms with Crippen LogP contribution in [-0.2, 0) is 4.74 Å². The monoisotopic (exact) mass is 323 g/mol. The first kappa shape index (κ1) is 17.3. The van der Waals surface area contributed by atoms with E-state index in [0.29, 0.717) is 32.2 Å². The Labute approximate surface area is 136 Å². The lowest BCUT2D eigenvalue weighted by Gasteiger charge is -2.25. The molecule has 1 unspecified atom stereocenters. The van der Waals surface area contributed by atoms with Crippen molar-refractivity contribution in [2.45, 2.75) is 19.4 Å². The first-order chi connectivity index (χ1) is 11.2. The van der Waals surface area contributed by atoms with Crippen molar-refractivity contribution in [3.63, 3.8) is 0 Å². The molecular formula is C15H25N5O3. The third-order valence-electron chi connectivity index (χ3n) is 3.84. The van der Waals surface area contributed by atoms with Gasteiger partial charge in [-0.1, -0.05) is 0 Å². The van der Waals surface area contributed by atoms with Crippen LogP contribution < -0.4 is 15.0 Å². The fraction of sp³-hybridized carbons (Fsp3) is 0.667. The standard InChI is InChI=1S/C15H25N5O3/c1-4-23-14-13(16-6-7-17-14)20-9-5-12(11-20)19(2)15(21)18-8-10-22-3/h6-7,12H,4-5,8-11H2,1-3H3,(H,18,21). The molecule has 128 valence electrons. The van der Waals surface area contributed by atoms with Crippen LogP contribution in [0.4, 0.5) is 10.6 Å². The highest BCUT2D eigenvalue weighted by molar-refractivity contribution is 5.74. The molecule has 2 rings (SSSR count). The normalized spacial score (nSPS) is 17.2. The minimum absolute atomic E-state index is 0.0851. The maximum atomic E-state index is 12.1. The summed E-state index contributed by atoms with van der Waals surface area (Å²) in [7, 11) is 3.43. The number of aromatic nitrogens is 2. The average Bonchev–Trinajstić information content (AvgIpc) is 3.05. The van der Waals surface area contributed by atoms with Crippen molar-refractivity contribution < 1.29 is 14.3 Å². The fourth-order valence-electron chi connectivity index (χ4n) is 2.57. The van der Waals surface area contributed by atoms with E-state index in [0.717, 1.165) is 18.8 Å². The van der Waals surface area contributed by atoms with Crippen LogP contribution in [0.1, 0.15) is 13.3 Å². The fourth-order valence-corrected chi connectivity index (χ4v) is 2.57. The zero-order valence-electron chi connectivity index (χ0n) is 14.0. The van der Waals surface area contributed by atoms with Crippen LogP contribution in [0.3, 0.4) is 0 Å². The van der Waals surface area contributed by atoms with Gasteiger partial charge in [-0.2, -0.15) is 0 Å². The SMILES string of the molecule is CCOc1nccnc1N1CCC(N(C)C(=O)NCCOC)C1. The molecule has 23 heavy (non-hydrogen) atoms. The molecule has 2 heterocycles. The maximum absolute atomic E-state index is 12.1. The number of likely N-dealkylation sites (N-methyl/N-ethyl adjacent to an activating group) is 1. The summed E-state index contributed by atoms with van der Waals surface area (Å²) in [5.74, 6) is 1.29. The van der Waals surface area contributed by atoms with E-state index in [2.05, 4.69) is 20.2 Å². The molecule has 1 aromatic rings. The Kier molecular flexibility index (Phi) is 6.40. The molecule has 1 fully saturated rings. The topological polar surface area (TPSA) is 79.8 Å². The minimum Gasteiger partial charge on any atom is -0.475 e. The highest BCUT2D eigenvalue weighted by atomic mass is 16.5. The first-order valence-electron chi connectivity index (χ1n) is 7.85. The number of rotatable bonds is 7. The highest BCUT2D eigenvalue weighted by Gasteiger charge is 2.30. The van der Waals surface area contributed by atoms with Crippen LogP contribution in [0.5, 0.6) is 5.88 Å². The quantitative estimate of drug-likeness (QED) is 0.746. The molecule has 2 amide bonds. The number of hydrogen-bond donors (Lipinski definition) is 1. The Balaban J connectivity index is 1.94. The van der Waals surface area contributed by atoms with Gasteiger partial charge in [0.15, 0.2) is 5.82 Å². The molecule has 0 aromatic carbocycles. The molecule has 0 spiro atoms. The summed E-state index contributed by atoms with van der Waals surface area (Å²) in [6.07, 6.45) is 4.17. The van der Waals surface area contributed by atoms with E-state index in [1.54, 1.807) is 24.4 Å². The maximum Gasteiger partial charge on any atom is 0.317 e. The number of nitrogens with zero attached hydrogens (tertiary/aromatic N) is 4. The smallest absolute Gasteiger partial charge is 0.317 e. The van der Waals surface area contributed by atoms with Gasteiger partial charge in [0.05, 0.1) is 19.3 Å². The summed E-state index contributed by atoms with van der Waals surface area (Å²) < 4.78 is 10.5. The molecule has 1 atom stereocenters. The van der Waals surface area contributed by atoms with E-state index in [9.17, 15) is 4.79 Å². The second kappa shape index (κ2) is 8.52. The lowest BCUT2D eigenvalue weighted by Crippen LogP contribution is -2.45. The van der Waals surface area contributed by atoms with Crippen molar-refractivity contribution in [2.24, 2.45) is 0 Å². The average molecular weight is 323 g/mol. The molecule has 1 aliphatic rings. The second-order valence-electron chi connectivity index (χ2n) is 5.34. The number of carbonyl (C=O) groups excluding carboxylic acids is 1. The molecular weight excluding hydrogens is 298 g/mol. The third-order valence-corrected chi connectivity index (χ3v) is 3.84. The first-order valence-corrected chi connectivity index (χ1v) is 7.85. The number of ether oxygens (including phenoxy) is 2. The summed E-state index contributed by atoms with van der Waals surface area (Å²) in [5.41, 5.74) is 0. The largest absolute Gasteiger partial charge is 0.475 e. The summed E-state index contributed by atoms with van der Waals surface area (Å²) in [5, 5.41) is 2.84. The van der Waals surface area contributed by atoms with E-state index < -0.39 is 0 Å². The third kappa shape index (κ3) is 4.44. The summed E-state index contributed by atoms with van der Waals surface area (Å²) in [4.78, 5) is 24.6. The van der Waals surface area contributed by atoms with Crippen LogP contribution in [0.15, 0.2) is 12.4 Å². The van der Waals surface area contributed by atoms with Crippen LogP contribution in [-0.4, -0.2) is 73.9 Å². The number of methoxy groups -OCH3 is 1. The number of anilines is 1. The van der Waals surface area contributed by atoms with Crippen molar-refractivity contribution in [3.8, 4) is 5.88 Å². The highest BCUT2D eigenvalue weighted by Crippen LogP contribution is 2.27. The van der Waals surface area contributed by atoms with E-state index in [-0.39, 0.29) is 12.1 Å². The predicted molar refractivity (Wildman–Crippen MR) is 86.9 cm³/mol. The van der Waals surface area contributed by atoms with E-state index in [1.807, 2.05) is 14.0 Å². The summed E-state index contributed by atoms with van der Waals surface area (Å²) >= 11 is 0. The Morgan fingerprint density at radius 2 is 2.26 bits per heavy atom. The zero-order valence-corrected chi connectivity index (χ0v) is 14.0. The van der Waals surface area contributed by atoms with Gasteiger partial charge < -0.3 is 24.6 Å². The van der Waals surface area contributed by atoms with Crippen molar-refractivity contribution in [2.75, 3.05) is 51.9 Å². The molecule has 0 saturated carbocycles. The number of urea groups is 1. The molecule has 0 bridgehead atoms. The van der Waals surface area contributed by atoms with Crippen molar-refractivity contribution in [3.05, 3.63) is 12.4 Å². The van der Waals surface area contributed by atoms with Gasteiger partial charge >= 0.3 is 6.03 Å². The van der Waals surface area contributed by atoms with Gasteiger partial charge in [-0.3, -0.25) is 0 Å². The van der Waals surface area contributed by atoms with Crippen molar-refractivity contribution in [1.29, 1.82) is 0 Å². The Hall–Kier alpha value is -2.09. The summed E-state index contributed by atoms with van der Waals surface area (Å²) in [6, 6.07) is 0.0482. The molecule has 1 saturated heterocycles. The molecule has 0 aliphatic carbocycles. The number of hydrogen-bond acceptors (Lipinski definition) is 6. The van der Waals surface area contributed by atoms with Crippen LogP contribution >= 0.6 is 0 Å². The van der Waals surface area contributed by atoms with Gasteiger partial charge in [0.2, 0.25) is 0 Å². The molecule has 1 aliphatic heterocycles. The lowest BCUT2D eigenvalue weighted by molar-refractivity contribution is 0.177. The van der Waals surface area contributed by atoms with Crippen molar-refractivity contribution >= 4 is 11.8 Å². The lowest BCUT2D eigenvalue weighted by atomic mass is 10.2. The predicted octanol–water partition coefficient (Wildman–Crippen LogP) is 0.742. The van der Waals surface area contributed by atoms with E-state index >= 15 is 0 Å². The Bertz CT molecular complexity index is 514. The molecule has 8 heteroatoms. The van der Waals surface area contributed by atoms with Gasteiger partial charge in [-0.05, 0) is 13.3 Å². The Morgan fingerprint density at radius 3 is 3.00 bits per heavy atom. The van der Waals surface area contributed by atoms with Gasteiger partial charge in [0, 0.05) is 46.2 Å². The van der Waals surface area contributed by atoms with E-state index in [4.69, 9.17) is 9.47 Å². The van der Waals surface area contributed by atoms with Crippen LogP contribution in [0.2, 0.25) is 0 Å². The zero-order chi connectivity index (χ0) is 16.7. The Morgan fingerprint density at radius 1 is 1.48 bits per heavy atom. The van der Waals surface area contributed by atoms with Gasteiger partial charge in [0.1, 0.15) is 0 Å². The number of carbonyl (C=O) groups is 1. The molecule has 0 radical (unpaired) electrons. The van der Waals surface area contributed by atoms with Crippen LogP contribution in [0.25, 0.3) is 0 Å².